The lowest BCUT2D eigenvalue weighted by atomic mass is 9.96. The average molecular weight is 423 g/mol. The van der Waals surface area contributed by atoms with Crippen LogP contribution in [-0.2, 0) is 9.84 Å². The van der Waals surface area contributed by atoms with Crippen LogP contribution in [0.4, 0.5) is 0 Å². The molecule has 0 aliphatic carbocycles. The van der Waals surface area contributed by atoms with E-state index in [1.54, 1.807) is 12.2 Å². The predicted octanol–water partition coefficient (Wildman–Crippen LogP) is 5.56. The summed E-state index contributed by atoms with van der Waals surface area (Å²) in [5.41, 5.74) is 1.89. The van der Waals surface area contributed by atoms with Gasteiger partial charge >= 0.3 is 0 Å². The van der Waals surface area contributed by atoms with Crippen LogP contribution in [-0.4, -0.2) is 30.7 Å². The van der Waals surface area contributed by atoms with Crippen LogP contribution in [0.2, 0.25) is 0 Å². The van der Waals surface area contributed by atoms with E-state index in [1.807, 2.05) is 60.7 Å². The largest absolute Gasteiger partial charge is 0.229 e. The zero-order valence-electron chi connectivity index (χ0n) is 15.0. The van der Waals surface area contributed by atoms with Crippen molar-refractivity contribution >= 4 is 33.0 Å². The Morgan fingerprint density at radius 3 is 1.37 bits per heavy atom. The number of hydrogen-bond donors (Lipinski definition) is 0. The second-order valence-electron chi connectivity index (χ2n) is 6.45. The van der Waals surface area contributed by atoms with E-state index in [1.165, 1.54) is 0 Å². The maximum Gasteiger partial charge on any atom is 0.153 e. The summed E-state index contributed by atoms with van der Waals surface area (Å²) in [5.74, 6) is -0.828. The Bertz CT molecular complexity index is 770. The number of rotatable bonds is 10. The Balaban J connectivity index is 2.09. The van der Waals surface area contributed by atoms with Crippen molar-refractivity contribution in [3.8, 4) is 0 Å². The van der Waals surface area contributed by atoms with Gasteiger partial charge in [-0.1, -0.05) is 72.8 Å². The Morgan fingerprint density at radius 2 is 1.07 bits per heavy atom. The standard InChI is InChI=1S/C22H24Cl2O2S/c1-3-19(17-11-7-5-8-12-17)21(23)15-27(25,26)16-22(24)20(4-2)18-13-9-6-10-14-18/h3-14,19-22H,1-2,15-16H2. The molecule has 27 heavy (non-hydrogen) atoms. The molecule has 0 aliphatic rings. The molecule has 2 aromatic carbocycles. The normalized spacial score (nSPS) is 16.1. The van der Waals surface area contributed by atoms with E-state index in [0.29, 0.717) is 0 Å². The quantitative estimate of drug-likeness (QED) is 0.371. The number of allylic oxidation sites excluding steroid dienone is 2. The van der Waals surface area contributed by atoms with Gasteiger partial charge in [0.15, 0.2) is 9.84 Å². The van der Waals surface area contributed by atoms with E-state index in [4.69, 9.17) is 23.2 Å². The van der Waals surface area contributed by atoms with Crippen LogP contribution in [0.5, 0.6) is 0 Å². The van der Waals surface area contributed by atoms with E-state index in [-0.39, 0.29) is 23.3 Å². The van der Waals surface area contributed by atoms with Gasteiger partial charge in [0.2, 0.25) is 0 Å². The first kappa shape index (κ1) is 21.7. The summed E-state index contributed by atoms with van der Waals surface area (Å²) in [6.07, 6.45) is 3.38. The number of benzene rings is 2. The molecule has 2 rings (SSSR count). The highest BCUT2D eigenvalue weighted by Crippen LogP contribution is 2.29. The van der Waals surface area contributed by atoms with Crippen molar-refractivity contribution in [3.05, 3.63) is 97.1 Å². The lowest BCUT2D eigenvalue weighted by Gasteiger charge is -2.22. The highest BCUT2D eigenvalue weighted by atomic mass is 35.5. The van der Waals surface area contributed by atoms with Crippen molar-refractivity contribution in [2.24, 2.45) is 0 Å². The fourth-order valence-electron chi connectivity index (χ4n) is 3.10. The van der Waals surface area contributed by atoms with Crippen LogP contribution in [0.3, 0.4) is 0 Å². The van der Waals surface area contributed by atoms with E-state index >= 15 is 0 Å². The molecular formula is C22H24Cl2O2S. The van der Waals surface area contributed by atoms with Gasteiger partial charge in [0.1, 0.15) is 0 Å². The molecule has 2 nitrogen and oxygen atoms in total. The second kappa shape index (κ2) is 10.1. The monoisotopic (exact) mass is 422 g/mol. The molecule has 0 amide bonds. The van der Waals surface area contributed by atoms with Gasteiger partial charge in [-0.15, -0.1) is 36.4 Å². The van der Waals surface area contributed by atoms with Crippen LogP contribution in [0.25, 0.3) is 0 Å². The highest BCUT2D eigenvalue weighted by molar-refractivity contribution is 7.91. The van der Waals surface area contributed by atoms with Gasteiger partial charge in [-0.05, 0) is 11.1 Å². The summed E-state index contributed by atoms with van der Waals surface area (Å²) < 4.78 is 25.4. The Morgan fingerprint density at radius 1 is 0.741 bits per heavy atom. The smallest absolute Gasteiger partial charge is 0.153 e. The van der Waals surface area contributed by atoms with Gasteiger partial charge in [0.05, 0.1) is 22.3 Å². The first-order valence-electron chi connectivity index (χ1n) is 8.71. The molecule has 0 aromatic heterocycles. The molecule has 0 radical (unpaired) electrons. The van der Waals surface area contributed by atoms with E-state index in [9.17, 15) is 8.42 Å². The van der Waals surface area contributed by atoms with Crippen LogP contribution < -0.4 is 0 Å². The number of alkyl halides is 2. The first-order valence-corrected chi connectivity index (χ1v) is 11.4. The molecule has 5 heteroatoms. The molecule has 0 bridgehead atoms. The van der Waals surface area contributed by atoms with Crippen molar-refractivity contribution < 1.29 is 8.42 Å². The molecule has 0 spiro atoms. The van der Waals surface area contributed by atoms with Gasteiger partial charge in [0.25, 0.3) is 0 Å². The minimum atomic E-state index is -3.47. The molecule has 144 valence electrons. The summed E-state index contributed by atoms with van der Waals surface area (Å²) in [7, 11) is -3.47. The lowest BCUT2D eigenvalue weighted by molar-refractivity contribution is 0.587. The van der Waals surface area contributed by atoms with Crippen molar-refractivity contribution in [2.75, 3.05) is 11.5 Å². The minimum Gasteiger partial charge on any atom is -0.229 e. The summed E-state index contributed by atoms with van der Waals surface area (Å²) in [6, 6.07) is 19.1. The van der Waals surface area contributed by atoms with Gasteiger partial charge in [-0.2, -0.15) is 0 Å². The SMILES string of the molecule is C=CC(c1ccccc1)C(Cl)CS(=O)(=O)CC(Cl)C(C=C)c1ccccc1. The summed E-state index contributed by atoms with van der Waals surface area (Å²) in [5, 5.41) is -1.23. The van der Waals surface area contributed by atoms with E-state index < -0.39 is 20.6 Å². The van der Waals surface area contributed by atoms with Crippen LogP contribution >= 0.6 is 23.2 Å². The molecule has 0 aliphatic heterocycles. The van der Waals surface area contributed by atoms with Crippen molar-refractivity contribution in [2.45, 2.75) is 22.6 Å². The molecule has 0 fully saturated rings. The third kappa shape index (κ3) is 6.24. The summed E-state index contributed by atoms with van der Waals surface area (Å²) in [6.45, 7) is 7.62. The average Bonchev–Trinajstić information content (AvgIpc) is 2.63. The molecule has 4 unspecified atom stereocenters. The maximum atomic E-state index is 12.7. The van der Waals surface area contributed by atoms with Crippen molar-refractivity contribution in [1.82, 2.24) is 0 Å². The lowest BCUT2D eigenvalue weighted by Crippen LogP contribution is -2.29. The van der Waals surface area contributed by atoms with E-state index in [0.717, 1.165) is 11.1 Å². The topological polar surface area (TPSA) is 34.1 Å². The second-order valence-corrected chi connectivity index (χ2v) is 9.73. The zero-order chi connectivity index (χ0) is 19.9. The molecule has 0 saturated heterocycles. The predicted molar refractivity (Wildman–Crippen MR) is 117 cm³/mol. The van der Waals surface area contributed by atoms with Crippen LogP contribution in [0, 0.1) is 0 Å². The Kier molecular flexibility index (Phi) is 8.15. The Hall–Kier alpha value is -1.55. The minimum absolute atomic E-state index is 0.165. The fraction of sp³-hybridized carbons (Fsp3) is 0.273. The van der Waals surface area contributed by atoms with Crippen LogP contribution in [0.15, 0.2) is 86.0 Å². The van der Waals surface area contributed by atoms with E-state index in [2.05, 4.69) is 13.2 Å². The van der Waals surface area contributed by atoms with Crippen molar-refractivity contribution in [1.29, 1.82) is 0 Å². The molecule has 2 aromatic rings. The zero-order valence-corrected chi connectivity index (χ0v) is 17.4. The van der Waals surface area contributed by atoms with Crippen LogP contribution in [0.1, 0.15) is 23.0 Å². The molecule has 0 saturated carbocycles. The first-order chi connectivity index (χ1) is 12.9. The number of sulfone groups is 1. The third-order valence-corrected chi connectivity index (χ3v) is 7.43. The highest BCUT2D eigenvalue weighted by Gasteiger charge is 2.29. The Labute approximate surface area is 172 Å². The van der Waals surface area contributed by atoms with Crippen molar-refractivity contribution in [3.63, 3.8) is 0 Å². The molecular weight excluding hydrogens is 399 g/mol. The van der Waals surface area contributed by atoms with Gasteiger partial charge in [-0.25, -0.2) is 8.42 Å². The molecule has 0 N–H and O–H groups in total. The molecule has 4 atom stereocenters. The number of halogens is 2. The maximum absolute atomic E-state index is 12.7. The summed E-state index contributed by atoms with van der Waals surface area (Å²) in [4.78, 5) is 0. The van der Waals surface area contributed by atoms with Gasteiger partial charge < -0.3 is 0 Å². The summed E-state index contributed by atoms with van der Waals surface area (Å²) >= 11 is 12.9. The van der Waals surface area contributed by atoms with Gasteiger partial charge in [-0.3, -0.25) is 0 Å². The third-order valence-electron chi connectivity index (χ3n) is 4.48. The molecule has 0 heterocycles. The van der Waals surface area contributed by atoms with Gasteiger partial charge in [0, 0.05) is 11.8 Å². The fourth-order valence-corrected chi connectivity index (χ4v) is 6.27. The number of hydrogen-bond acceptors (Lipinski definition) is 2.